The van der Waals surface area contributed by atoms with Crippen LogP contribution in [0, 0.1) is 0 Å². The largest absolute Gasteiger partial charge is 0.459 e. The van der Waals surface area contributed by atoms with E-state index in [0.717, 1.165) is 36.6 Å². The van der Waals surface area contributed by atoms with Crippen molar-refractivity contribution in [1.29, 1.82) is 0 Å². The lowest BCUT2D eigenvalue weighted by molar-refractivity contribution is -0.0300. The normalized spacial score (nSPS) is 18.9. The predicted octanol–water partition coefficient (Wildman–Crippen LogP) is 3.57. The van der Waals surface area contributed by atoms with Gasteiger partial charge in [-0.2, -0.15) is 0 Å². The Labute approximate surface area is 118 Å². The van der Waals surface area contributed by atoms with Gasteiger partial charge in [-0.15, -0.1) is 0 Å². The molecule has 3 nitrogen and oxygen atoms in total. The molecule has 1 fully saturated rings. The van der Waals surface area contributed by atoms with E-state index in [-0.39, 0.29) is 12.1 Å². The lowest BCUT2D eigenvalue weighted by Gasteiger charge is -2.22. The minimum atomic E-state index is -0.273. The average molecular weight is 270 g/mol. The molecule has 2 aromatic rings. The summed E-state index contributed by atoms with van der Waals surface area (Å²) >= 11 is 0. The van der Waals surface area contributed by atoms with Gasteiger partial charge in [-0.3, -0.25) is 0 Å². The zero-order valence-corrected chi connectivity index (χ0v) is 11.4. The molecule has 1 heterocycles. The van der Waals surface area contributed by atoms with Crippen LogP contribution in [0.5, 0.6) is 0 Å². The number of hydrogen-bond acceptors (Lipinski definition) is 3. The number of ether oxygens (including phenoxy) is 2. The summed E-state index contributed by atoms with van der Waals surface area (Å²) in [5.74, 6) is -0.273. The molecule has 0 saturated carbocycles. The van der Waals surface area contributed by atoms with Crippen molar-refractivity contribution >= 4 is 16.7 Å². The monoisotopic (exact) mass is 270 g/mol. The second-order valence-electron chi connectivity index (χ2n) is 5.15. The Hall–Kier alpha value is -1.87. The van der Waals surface area contributed by atoms with E-state index in [1.54, 1.807) is 0 Å². The fraction of sp³-hybridized carbons (Fsp3) is 0.353. The summed E-state index contributed by atoms with van der Waals surface area (Å²) < 4.78 is 10.9. The molecule has 1 aliphatic heterocycles. The van der Waals surface area contributed by atoms with Crippen LogP contribution in [0.2, 0.25) is 0 Å². The van der Waals surface area contributed by atoms with Gasteiger partial charge in [0.2, 0.25) is 0 Å². The van der Waals surface area contributed by atoms with Crippen molar-refractivity contribution in [2.75, 3.05) is 13.2 Å². The molecule has 1 aliphatic rings. The van der Waals surface area contributed by atoms with Crippen molar-refractivity contribution in [2.45, 2.75) is 25.4 Å². The molecule has 0 aliphatic carbocycles. The fourth-order valence-corrected chi connectivity index (χ4v) is 2.51. The number of esters is 1. The molecule has 0 N–H and O–H groups in total. The molecule has 1 atom stereocenters. The van der Waals surface area contributed by atoms with Gasteiger partial charge in [0.1, 0.15) is 6.61 Å². The van der Waals surface area contributed by atoms with Gasteiger partial charge in [-0.05, 0) is 42.2 Å². The Morgan fingerprint density at radius 1 is 1.15 bits per heavy atom. The molecule has 0 bridgehead atoms. The third-order valence-corrected chi connectivity index (χ3v) is 3.66. The number of carbonyl (C=O) groups is 1. The van der Waals surface area contributed by atoms with Crippen molar-refractivity contribution in [3.63, 3.8) is 0 Å². The summed E-state index contributed by atoms with van der Waals surface area (Å²) in [6.07, 6.45) is 3.30. The van der Waals surface area contributed by atoms with Crippen LogP contribution in [-0.4, -0.2) is 25.3 Å². The molecule has 0 spiro atoms. The van der Waals surface area contributed by atoms with Crippen LogP contribution in [0.1, 0.15) is 29.6 Å². The summed E-state index contributed by atoms with van der Waals surface area (Å²) in [7, 11) is 0. The van der Waals surface area contributed by atoms with E-state index in [9.17, 15) is 4.79 Å². The van der Waals surface area contributed by atoms with E-state index in [0.29, 0.717) is 12.2 Å². The van der Waals surface area contributed by atoms with E-state index in [2.05, 4.69) is 0 Å². The highest BCUT2D eigenvalue weighted by Crippen LogP contribution is 2.17. The van der Waals surface area contributed by atoms with Gasteiger partial charge in [-0.25, -0.2) is 4.79 Å². The molecule has 104 valence electrons. The van der Waals surface area contributed by atoms with Crippen molar-refractivity contribution < 1.29 is 14.3 Å². The van der Waals surface area contributed by atoms with E-state index in [1.807, 2.05) is 42.5 Å². The summed E-state index contributed by atoms with van der Waals surface area (Å²) in [6, 6.07) is 13.6. The zero-order chi connectivity index (χ0) is 13.8. The van der Waals surface area contributed by atoms with Gasteiger partial charge < -0.3 is 9.47 Å². The summed E-state index contributed by atoms with van der Waals surface area (Å²) in [4.78, 5) is 12.1. The molecule has 3 rings (SSSR count). The van der Waals surface area contributed by atoms with Crippen molar-refractivity contribution in [2.24, 2.45) is 0 Å². The third kappa shape index (κ3) is 2.99. The first-order valence-corrected chi connectivity index (χ1v) is 7.10. The maximum atomic E-state index is 12.1. The Bertz CT molecular complexity index is 600. The summed E-state index contributed by atoms with van der Waals surface area (Å²) in [5.41, 5.74) is 0.597. The van der Waals surface area contributed by atoms with Gasteiger partial charge in [0.25, 0.3) is 0 Å². The van der Waals surface area contributed by atoms with Crippen LogP contribution >= 0.6 is 0 Å². The molecule has 20 heavy (non-hydrogen) atoms. The topological polar surface area (TPSA) is 35.5 Å². The first-order chi connectivity index (χ1) is 9.83. The Morgan fingerprint density at radius 2 is 2.00 bits per heavy atom. The van der Waals surface area contributed by atoms with Crippen LogP contribution in [0.4, 0.5) is 0 Å². The molecular weight excluding hydrogens is 252 g/mol. The van der Waals surface area contributed by atoms with Crippen LogP contribution in [-0.2, 0) is 9.47 Å². The highest BCUT2D eigenvalue weighted by atomic mass is 16.6. The van der Waals surface area contributed by atoms with Crippen LogP contribution in [0.3, 0.4) is 0 Å². The van der Waals surface area contributed by atoms with Gasteiger partial charge >= 0.3 is 5.97 Å². The average Bonchev–Trinajstić information content (AvgIpc) is 2.53. The molecule has 2 aromatic carbocycles. The molecular formula is C17H18O3. The third-order valence-electron chi connectivity index (χ3n) is 3.66. The number of benzene rings is 2. The molecule has 3 heteroatoms. The maximum Gasteiger partial charge on any atom is 0.338 e. The van der Waals surface area contributed by atoms with E-state index >= 15 is 0 Å². The molecule has 0 radical (unpaired) electrons. The fourth-order valence-electron chi connectivity index (χ4n) is 2.51. The quantitative estimate of drug-likeness (QED) is 0.800. The molecule has 1 saturated heterocycles. The summed E-state index contributed by atoms with van der Waals surface area (Å²) in [5, 5.41) is 2.18. The van der Waals surface area contributed by atoms with Crippen LogP contribution in [0.15, 0.2) is 42.5 Å². The minimum Gasteiger partial charge on any atom is -0.459 e. The first-order valence-electron chi connectivity index (χ1n) is 7.10. The Balaban J connectivity index is 1.65. The number of fused-ring (bicyclic) bond motifs is 1. The van der Waals surface area contributed by atoms with Gasteiger partial charge in [-0.1, -0.05) is 30.3 Å². The number of carbonyl (C=O) groups excluding carboxylic acids is 1. The SMILES string of the molecule is O=C(OCC1CCCCO1)c1ccc2ccccc2c1. The van der Waals surface area contributed by atoms with E-state index < -0.39 is 0 Å². The maximum absolute atomic E-state index is 12.1. The lowest BCUT2D eigenvalue weighted by atomic mass is 10.1. The zero-order valence-electron chi connectivity index (χ0n) is 11.4. The van der Waals surface area contributed by atoms with Crippen LogP contribution < -0.4 is 0 Å². The molecule has 1 unspecified atom stereocenters. The van der Waals surface area contributed by atoms with Crippen molar-refractivity contribution in [3.05, 3.63) is 48.0 Å². The lowest BCUT2D eigenvalue weighted by Crippen LogP contribution is -2.25. The highest BCUT2D eigenvalue weighted by molar-refractivity contribution is 5.95. The van der Waals surface area contributed by atoms with Crippen molar-refractivity contribution in [3.8, 4) is 0 Å². The number of rotatable bonds is 3. The van der Waals surface area contributed by atoms with E-state index in [1.165, 1.54) is 0 Å². The Kier molecular flexibility index (Phi) is 3.97. The first kappa shape index (κ1) is 13.1. The summed E-state index contributed by atoms with van der Waals surface area (Å²) in [6.45, 7) is 1.13. The smallest absolute Gasteiger partial charge is 0.338 e. The second kappa shape index (κ2) is 6.06. The molecule has 0 amide bonds. The van der Waals surface area contributed by atoms with Gasteiger partial charge in [0.15, 0.2) is 0 Å². The molecule has 0 aromatic heterocycles. The Morgan fingerprint density at radius 3 is 2.80 bits per heavy atom. The van der Waals surface area contributed by atoms with E-state index in [4.69, 9.17) is 9.47 Å². The second-order valence-corrected chi connectivity index (χ2v) is 5.15. The van der Waals surface area contributed by atoms with Crippen molar-refractivity contribution in [1.82, 2.24) is 0 Å². The van der Waals surface area contributed by atoms with Gasteiger partial charge in [0, 0.05) is 6.61 Å². The van der Waals surface area contributed by atoms with Crippen LogP contribution in [0.25, 0.3) is 10.8 Å². The standard InChI is InChI=1S/C17H18O3/c18-17(20-12-16-7-3-4-10-19-16)15-9-8-13-5-1-2-6-14(13)11-15/h1-2,5-6,8-9,11,16H,3-4,7,10,12H2. The predicted molar refractivity (Wildman–Crippen MR) is 77.8 cm³/mol. The minimum absolute atomic E-state index is 0.0631. The number of hydrogen-bond donors (Lipinski definition) is 0. The van der Waals surface area contributed by atoms with Gasteiger partial charge in [0.05, 0.1) is 11.7 Å². The highest BCUT2D eigenvalue weighted by Gasteiger charge is 2.16.